The van der Waals surface area contributed by atoms with Crippen molar-refractivity contribution in [2.75, 3.05) is 39.7 Å². The van der Waals surface area contributed by atoms with Gasteiger partial charge in [0.2, 0.25) is 0 Å². The number of anilines is 1. The Balaban J connectivity index is 1.76. The molecule has 38 heavy (non-hydrogen) atoms. The van der Waals surface area contributed by atoms with Crippen LogP contribution in [-0.4, -0.2) is 55.0 Å². The second-order valence-corrected chi connectivity index (χ2v) is 9.65. The molecule has 3 N–H and O–H groups in total. The van der Waals surface area contributed by atoms with Gasteiger partial charge < -0.3 is 30.0 Å². The van der Waals surface area contributed by atoms with Crippen LogP contribution in [0.15, 0.2) is 36.7 Å². The van der Waals surface area contributed by atoms with Gasteiger partial charge in [0, 0.05) is 40.2 Å². The first-order chi connectivity index (χ1) is 18.2. The lowest BCUT2D eigenvalue weighted by molar-refractivity contribution is 0.150. The summed E-state index contributed by atoms with van der Waals surface area (Å²) in [5, 5.41) is 5.12. The highest BCUT2D eigenvalue weighted by molar-refractivity contribution is 6.10. The largest absolute Gasteiger partial charge is 0.493 e. The molecule has 3 aromatic heterocycles. The summed E-state index contributed by atoms with van der Waals surface area (Å²) in [4.78, 5) is 25.5. The Morgan fingerprint density at radius 2 is 1.68 bits per heavy atom. The van der Waals surface area contributed by atoms with Gasteiger partial charge >= 0.3 is 6.09 Å². The molecule has 0 aliphatic carbocycles. The van der Waals surface area contributed by atoms with Crippen LogP contribution in [-0.2, 0) is 10.2 Å². The standard InChI is InChI=1S/C28H33N5O5/c1-7-37-27(34)30-8-9-38-24-10-16(14-32-25(24)28(2,3)4)20-11-17-18-12-22(35-5)23(36-6)13-21(18)31-15-19(17)26(29)33-20/h10-15H,7-9H2,1-6H3,(H2,29,33)(H,30,34). The van der Waals surface area contributed by atoms with E-state index in [1.54, 1.807) is 33.5 Å². The number of carbonyl (C=O) groups is 1. The smallest absolute Gasteiger partial charge is 0.407 e. The van der Waals surface area contributed by atoms with Gasteiger partial charge in [0.05, 0.1) is 44.3 Å². The molecule has 0 atom stereocenters. The summed E-state index contributed by atoms with van der Waals surface area (Å²) in [6.45, 7) is 8.78. The number of nitrogens with one attached hydrogen (secondary N) is 1. The highest BCUT2D eigenvalue weighted by Crippen LogP contribution is 2.38. The maximum atomic E-state index is 11.6. The first kappa shape index (κ1) is 26.7. The zero-order chi connectivity index (χ0) is 27.4. The first-order valence-corrected chi connectivity index (χ1v) is 12.3. The number of ether oxygens (including phenoxy) is 4. The molecular weight excluding hydrogens is 486 g/mol. The maximum Gasteiger partial charge on any atom is 0.407 e. The minimum Gasteiger partial charge on any atom is -0.493 e. The van der Waals surface area contributed by atoms with Crippen molar-refractivity contribution in [2.24, 2.45) is 0 Å². The molecule has 10 nitrogen and oxygen atoms in total. The van der Waals surface area contributed by atoms with E-state index in [4.69, 9.17) is 29.7 Å². The summed E-state index contributed by atoms with van der Waals surface area (Å²) in [6, 6.07) is 7.58. The molecule has 0 aliphatic rings. The number of amides is 1. The van der Waals surface area contributed by atoms with Crippen molar-refractivity contribution < 1.29 is 23.7 Å². The van der Waals surface area contributed by atoms with Gasteiger partial charge in [-0.25, -0.2) is 9.78 Å². The topological polar surface area (TPSA) is 131 Å². The van der Waals surface area contributed by atoms with Crippen molar-refractivity contribution in [1.82, 2.24) is 20.3 Å². The molecule has 0 radical (unpaired) electrons. The zero-order valence-electron chi connectivity index (χ0n) is 22.5. The minimum absolute atomic E-state index is 0.248. The van der Waals surface area contributed by atoms with E-state index in [-0.39, 0.29) is 18.6 Å². The Bertz CT molecular complexity index is 1480. The number of benzene rings is 1. The van der Waals surface area contributed by atoms with E-state index in [0.29, 0.717) is 35.4 Å². The van der Waals surface area contributed by atoms with Gasteiger partial charge in [0.1, 0.15) is 18.2 Å². The van der Waals surface area contributed by atoms with E-state index in [2.05, 4.69) is 36.1 Å². The molecule has 1 aromatic carbocycles. The fourth-order valence-corrected chi connectivity index (χ4v) is 4.16. The third-order valence-corrected chi connectivity index (χ3v) is 5.98. The van der Waals surface area contributed by atoms with Crippen molar-refractivity contribution in [1.29, 1.82) is 0 Å². The average Bonchev–Trinajstić information content (AvgIpc) is 2.89. The molecule has 3 heterocycles. The van der Waals surface area contributed by atoms with Crippen LogP contribution >= 0.6 is 0 Å². The summed E-state index contributed by atoms with van der Waals surface area (Å²) in [5.41, 5.74) is 9.03. The van der Waals surface area contributed by atoms with Crippen molar-refractivity contribution in [2.45, 2.75) is 33.1 Å². The molecule has 10 heteroatoms. The van der Waals surface area contributed by atoms with Gasteiger partial charge in [-0.3, -0.25) is 9.97 Å². The number of hydrogen-bond acceptors (Lipinski definition) is 9. The quantitative estimate of drug-likeness (QED) is 0.247. The molecule has 1 amide bonds. The second-order valence-electron chi connectivity index (χ2n) is 9.65. The molecule has 4 aromatic rings. The van der Waals surface area contributed by atoms with Gasteiger partial charge in [-0.2, -0.15) is 0 Å². The van der Waals surface area contributed by atoms with E-state index in [0.717, 1.165) is 32.9 Å². The number of rotatable bonds is 8. The summed E-state index contributed by atoms with van der Waals surface area (Å²) < 4.78 is 21.9. The zero-order valence-corrected chi connectivity index (χ0v) is 22.5. The average molecular weight is 520 g/mol. The van der Waals surface area contributed by atoms with E-state index in [1.807, 2.05) is 24.3 Å². The summed E-state index contributed by atoms with van der Waals surface area (Å²) >= 11 is 0. The minimum atomic E-state index is -0.481. The van der Waals surface area contributed by atoms with Crippen LogP contribution in [0.2, 0.25) is 0 Å². The Kier molecular flexibility index (Phi) is 7.70. The van der Waals surface area contributed by atoms with Crippen molar-refractivity contribution in [3.05, 3.63) is 42.4 Å². The number of nitrogens with two attached hydrogens (primary N) is 1. The van der Waals surface area contributed by atoms with E-state index < -0.39 is 6.09 Å². The number of pyridine rings is 3. The van der Waals surface area contributed by atoms with Crippen LogP contribution in [0, 0.1) is 0 Å². The van der Waals surface area contributed by atoms with Crippen LogP contribution in [0.1, 0.15) is 33.4 Å². The molecule has 0 spiro atoms. The van der Waals surface area contributed by atoms with Crippen molar-refractivity contribution >= 4 is 33.6 Å². The van der Waals surface area contributed by atoms with Gasteiger partial charge in [0.15, 0.2) is 11.5 Å². The highest BCUT2D eigenvalue weighted by Gasteiger charge is 2.22. The molecule has 0 saturated heterocycles. The molecule has 0 fully saturated rings. The fourth-order valence-electron chi connectivity index (χ4n) is 4.16. The van der Waals surface area contributed by atoms with Crippen LogP contribution < -0.4 is 25.3 Å². The van der Waals surface area contributed by atoms with Gasteiger partial charge in [-0.15, -0.1) is 0 Å². The van der Waals surface area contributed by atoms with Gasteiger partial charge in [0.25, 0.3) is 0 Å². The van der Waals surface area contributed by atoms with Crippen molar-refractivity contribution in [3.63, 3.8) is 0 Å². The van der Waals surface area contributed by atoms with Crippen molar-refractivity contribution in [3.8, 4) is 28.5 Å². The number of carbonyl (C=O) groups excluding carboxylic acids is 1. The Morgan fingerprint density at radius 1 is 0.947 bits per heavy atom. The number of hydrogen-bond donors (Lipinski definition) is 2. The maximum absolute atomic E-state index is 11.6. The Hall–Kier alpha value is -4.34. The van der Waals surface area contributed by atoms with Crippen LogP contribution in [0.25, 0.3) is 32.9 Å². The van der Waals surface area contributed by atoms with Gasteiger partial charge in [-0.1, -0.05) is 20.8 Å². The number of methoxy groups -OCH3 is 2. The number of nitrogens with zero attached hydrogens (tertiary/aromatic N) is 3. The van der Waals surface area contributed by atoms with Crippen LogP contribution in [0.3, 0.4) is 0 Å². The lowest BCUT2D eigenvalue weighted by Crippen LogP contribution is -2.29. The molecule has 0 bridgehead atoms. The predicted octanol–water partition coefficient (Wildman–Crippen LogP) is 4.87. The monoisotopic (exact) mass is 519 g/mol. The number of nitrogen functional groups attached to an aromatic ring is 1. The molecule has 200 valence electrons. The first-order valence-electron chi connectivity index (χ1n) is 12.3. The van der Waals surface area contributed by atoms with Crippen LogP contribution in [0.5, 0.6) is 17.2 Å². The third-order valence-electron chi connectivity index (χ3n) is 5.98. The second kappa shape index (κ2) is 11.0. The Morgan fingerprint density at radius 3 is 2.37 bits per heavy atom. The molecule has 0 aliphatic heterocycles. The fraction of sp³-hybridized carbons (Fsp3) is 0.357. The summed E-state index contributed by atoms with van der Waals surface area (Å²) in [5.74, 6) is 2.14. The van der Waals surface area contributed by atoms with E-state index in [1.165, 1.54) is 0 Å². The lowest BCUT2D eigenvalue weighted by Gasteiger charge is -2.22. The number of fused-ring (bicyclic) bond motifs is 3. The highest BCUT2D eigenvalue weighted by atomic mass is 16.5. The van der Waals surface area contributed by atoms with Gasteiger partial charge in [-0.05, 0) is 30.5 Å². The van der Waals surface area contributed by atoms with Crippen LogP contribution in [0.4, 0.5) is 10.6 Å². The number of aromatic nitrogens is 3. The lowest BCUT2D eigenvalue weighted by atomic mass is 9.90. The SMILES string of the molecule is CCOC(=O)NCCOc1cc(-c2cc3c(cnc4cc(OC)c(OC)cc43)c(N)n2)cnc1C(C)(C)C. The van der Waals surface area contributed by atoms with E-state index >= 15 is 0 Å². The third kappa shape index (κ3) is 5.49. The molecule has 0 unspecified atom stereocenters. The predicted molar refractivity (Wildman–Crippen MR) is 147 cm³/mol. The number of alkyl carbamates (subject to hydrolysis) is 1. The van der Waals surface area contributed by atoms with E-state index in [9.17, 15) is 4.79 Å². The Labute approximate surface area is 221 Å². The summed E-state index contributed by atoms with van der Waals surface area (Å²) in [7, 11) is 3.18. The molecular formula is C28H33N5O5. The normalized spacial score (nSPS) is 11.4. The molecule has 0 saturated carbocycles. The summed E-state index contributed by atoms with van der Waals surface area (Å²) in [6.07, 6.45) is 3.00. The molecule has 4 rings (SSSR count).